The zero-order valence-corrected chi connectivity index (χ0v) is 15.4. The molecule has 6 heteroatoms. The van der Waals surface area contributed by atoms with Gasteiger partial charge in [0.2, 0.25) is 11.8 Å². The van der Waals surface area contributed by atoms with E-state index >= 15 is 0 Å². The van der Waals surface area contributed by atoms with E-state index in [2.05, 4.69) is 5.32 Å². The van der Waals surface area contributed by atoms with Crippen molar-refractivity contribution in [2.45, 2.75) is 57.7 Å². The van der Waals surface area contributed by atoms with Crippen LogP contribution in [0.2, 0.25) is 0 Å². The van der Waals surface area contributed by atoms with Crippen molar-refractivity contribution in [3.8, 4) is 0 Å². The second-order valence-corrected chi connectivity index (χ2v) is 7.07. The van der Waals surface area contributed by atoms with Crippen LogP contribution in [0.4, 0.5) is 0 Å². The Hall–Kier alpha value is -1.59. The average Bonchev–Trinajstić information content (AvgIpc) is 3.16. The molecule has 3 N–H and O–H groups in total. The summed E-state index contributed by atoms with van der Waals surface area (Å²) < 4.78 is 0. The van der Waals surface area contributed by atoms with Crippen LogP contribution >= 0.6 is 12.4 Å². The highest BCUT2D eigenvalue weighted by Crippen LogP contribution is 2.26. The van der Waals surface area contributed by atoms with E-state index in [-0.39, 0.29) is 30.3 Å². The lowest BCUT2D eigenvalue weighted by atomic mass is 10.00. The fourth-order valence-electron chi connectivity index (χ4n) is 3.68. The van der Waals surface area contributed by atoms with Gasteiger partial charge in [-0.15, -0.1) is 12.4 Å². The second-order valence-electron chi connectivity index (χ2n) is 7.07. The molecule has 1 aliphatic carbocycles. The molecule has 2 amide bonds. The number of hydrogen-bond donors (Lipinski definition) is 2. The van der Waals surface area contributed by atoms with Crippen LogP contribution in [0.3, 0.4) is 0 Å². The molecule has 25 heavy (non-hydrogen) atoms. The van der Waals surface area contributed by atoms with Crippen LogP contribution in [0.5, 0.6) is 0 Å². The molecule has 1 saturated carbocycles. The average molecular weight is 366 g/mol. The number of nitrogens with one attached hydrogen (secondary N) is 1. The summed E-state index contributed by atoms with van der Waals surface area (Å²) in [6.07, 6.45) is 5.43. The zero-order chi connectivity index (χ0) is 16.9. The molecule has 1 aromatic rings. The molecule has 0 radical (unpaired) electrons. The van der Waals surface area contributed by atoms with Crippen molar-refractivity contribution >= 4 is 24.2 Å². The molecule has 0 bridgehead atoms. The fourth-order valence-corrected chi connectivity index (χ4v) is 3.68. The number of carbonyl (C=O) groups is 2. The molecule has 0 unspecified atom stereocenters. The van der Waals surface area contributed by atoms with E-state index in [1.54, 1.807) is 0 Å². The Morgan fingerprint density at radius 3 is 2.48 bits per heavy atom. The molecule has 1 aliphatic heterocycles. The van der Waals surface area contributed by atoms with Gasteiger partial charge >= 0.3 is 0 Å². The number of amides is 2. The van der Waals surface area contributed by atoms with Crippen molar-refractivity contribution in [3.05, 3.63) is 35.4 Å². The predicted octanol–water partition coefficient (Wildman–Crippen LogP) is 2.36. The van der Waals surface area contributed by atoms with Gasteiger partial charge in [0, 0.05) is 38.5 Å². The lowest BCUT2D eigenvalue weighted by Gasteiger charge is -2.16. The number of rotatable bonds is 6. The number of halogens is 1. The third-order valence-corrected chi connectivity index (χ3v) is 5.22. The van der Waals surface area contributed by atoms with Crippen molar-refractivity contribution in [3.63, 3.8) is 0 Å². The summed E-state index contributed by atoms with van der Waals surface area (Å²) >= 11 is 0. The highest BCUT2D eigenvalue weighted by Gasteiger charge is 2.25. The first-order chi connectivity index (χ1) is 11.6. The standard InChI is InChI=1S/C19H27N3O2.ClH/c20-17-4-1-3-16(17)11-18(23)21-12-14-6-8-15(9-7-14)13-22-10-2-5-19(22)24;/h6-9,16-17H,1-5,10-13,20H2,(H,21,23);1H/t16-,17+;/m0./s1. The van der Waals surface area contributed by atoms with Crippen molar-refractivity contribution < 1.29 is 9.59 Å². The van der Waals surface area contributed by atoms with Crippen LogP contribution in [-0.4, -0.2) is 29.3 Å². The van der Waals surface area contributed by atoms with Gasteiger partial charge in [-0.2, -0.15) is 0 Å². The largest absolute Gasteiger partial charge is 0.352 e. The van der Waals surface area contributed by atoms with Gasteiger partial charge in [0.05, 0.1) is 0 Å². The van der Waals surface area contributed by atoms with Gasteiger partial charge in [-0.25, -0.2) is 0 Å². The number of nitrogens with two attached hydrogens (primary N) is 1. The molecule has 138 valence electrons. The molecule has 2 atom stereocenters. The first-order valence-electron chi connectivity index (χ1n) is 8.99. The summed E-state index contributed by atoms with van der Waals surface area (Å²) in [5, 5.41) is 2.99. The first-order valence-corrected chi connectivity index (χ1v) is 8.99. The Bertz CT molecular complexity index is 591. The molecule has 2 aliphatic rings. The first kappa shape index (κ1) is 19.7. The van der Waals surface area contributed by atoms with Crippen LogP contribution in [0.1, 0.15) is 49.7 Å². The second kappa shape index (κ2) is 9.20. The third kappa shape index (κ3) is 5.44. The number of carbonyl (C=O) groups excluding carboxylic acids is 2. The van der Waals surface area contributed by atoms with E-state index in [4.69, 9.17) is 5.73 Å². The van der Waals surface area contributed by atoms with Crippen molar-refractivity contribution in [1.82, 2.24) is 10.2 Å². The van der Waals surface area contributed by atoms with Gasteiger partial charge in [-0.05, 0) is 36.3 Å². The summed E-state index contributed by atoms with van der Waals surface area (Å²) in [5.41, 5.74) is 8.24. The third-order valence-electron chi connectivity index (χ3n) is 5.22. The predicted molar refractivity (Wildman–Crippen MR) is 100 cm³/mol. The van der Waals surface area contributed by atoms with E-state index in [0.717, 1.165) is 43.4 Å². The minimum Gasteiger partial charge on any atom is -0.352 e. The molecule has 5 nitrogen and oxygen atoms in total. The lowest BCUT2D eigenvalue weighted by Crippen LogP contribution is -2.31. The van der Waals surface area contributed by atoms with E-state index in [0.29, 0.717) is 31.8 Å². The molecule has 1 heterocycles. The molecular formula is C19H28ClN3O2. The van der Waals surface area contributed by atoms with Gasteiger partial charge in [0.1, 0.15) is 0 Å². The van der Waals surface area contributed by atoms with Gasteiger partial charge in [-0.3, -0.25) is 9.59 Å². The van der Waals surface area contributed by atoms with Crippen LogP contribution < -0.4 is 11.1 Å². The van der Waals surface area contributed by atoms with Crippen LogP contribution in [0.25, 0.3) is 0 Å². The normalized spacial score (nSPS) is 22.8. The van der Waals surface area contributed by atoms with E-state index in [9.17, 15) is 9.59 Å². The molecule has 3 rings (SSSR count). The smallest absolute Gasteiger partial charge is 0.222 e. The minimum absolute atomic E-state index is 0. The summed E-state index contributed by atoms with van der Waals surface area (Å²) in [4.78, 5) is 25.6. The molecule has 1 aromatic carbocycles. The lowest BCUT2D eigenvalue weighted by molar-refractivity contribution is -0.128. The van der Waals surface area contributed by atoms with Gasteiger partial charge < -0.3 is 16.0 Å². The van der Waals surface area contributed by atoms with Gasteiger partial charge in [-0.1, -0.05) is 30.7 Å². The monoisotopic (exact) mass is 365 g/mol. The topological polar surface area (TPSA) is 75.4 Å². The number of nitrogens with zero attached hydrogens (tertiary/aromatic N) is 1. The number of hydrogen-bond acceptors (Lipinski definition) is 3. The SMILES string of the molecule is Cl.N[C@@H]1CCC[C@H]1CC(=O)NCc1ccc(CN2CCCC2=O)cc1. The maximum Gasteiger partial charge on any atom is 0.222 e. The maximum absolute atomic E-state index is 12.0. The Kier molecular flexibility index (Phi) is 7.26. The summed E-state index contributed by atoms with van der Waals surface area (Å²) in [5.74, 6) is 0.672. The molecule has 0 spiro atoms. The highest BCUT2D eigenvalue weighted by atomic mass is 35.5. The Balaban J connectivity index is 0.00000225. The summed E-state index contributed by atoms with van der Waals surface area (Å²) in [6, 6.07) is 8.32. The number of likely N-dealkylation sites (tertiary alicyclic amines) is 1. The number of benzene rings is 1. The molecular weight excluding hydrogens is 338 g/mol. The molecule has 2 fully saturated rings. The van der Waals surface area contributed by atoms with Crippen molar-refractivity contribution in [2.24, 2.45) is 11.7 Å². The van der Waals surface area contributed by atoms with Crippen molar-refractivity contribution in [1.29, 1.82) is 0 Å². The Labute approximate surface area is 155 Å². The zero-order valence-electron chi connectivity index (χ0n) is 14.6. The Morgan fingerprint density at radius 1 is 1.16 bits per heavy atom. The van der Waals surface area contributed by atoms with E-state index < -0.39 is 0 Å². The molecule has 1 saturated heterocycles. The van der Waals surface area contributed by atoms with Crippen LogP contribution in [0.15, 0.2) is 24.3 Å². The van der Waals surface area contributed by atoms with E-state index in [1.807, 2.05) is 29.2 Å². The fraction of sp³-hybridized carbons (Fsp3) is 0.579. The summed E-state index contributed by atoms with van der Waals surface area (Å²) in [7, 11) is 0. The minimum atomic E-state index is 0. The van der Waals surface area contributed by atoms with Crippen LogP contribution in [-0.2, 0) is 22.7 Å². The quantitative estimate of drug-likeness (QED) is 0.812. The Morgan fingerprint density at radius 2 is 1.88 bits per heavy atom. The highest BCUT2D eigenvalue weighted by molar-refractivity contribution is 5.85. The van der Waals surface area contributed by atoms with Crippen LogP contribution in [0, 0.1) is 5.92 Å². The van der Waals surface area contributed by atoms with Crippen molar-refractivity contribution in [2.75, 3.05) is 6.54 Å². The van der Waals surface area contributed by atoms with E-state index in [1.165, 1.54) is 0 Å². The van der Waals surface area contributed by atoms with Gasteiger partial charge in [0.25, 0.3) is 0 Å². The summed E-state index contributed by atoms with van der Waals surface area (Å²) in [6.45, 7) is 2.09. The van der Waals surface area contributed by atoms with Gasteiger partial charge in [0.15, 0.2) is 0 Å². The molecule has 0 aromatic heterocycles. The maximum atomic E-state index is 12.0.